The van der Waals surface area contributed by atoms with Crippen molar-refractivity contribution < 1.29 is 19.4 Å². The van der Waals surface area contributed by atoms with Crippen LogP contribution in [0.15, 0.2) is 30.3 Å². The van der Waals surface area contributed by atoms with Crippen LogP contribution in [0.1, 0.15) is 17.3 Å². The number of hydrogen-bond acceptors (Lipinski definition) is 4. The molecule has 0 radical (unpaired) electrons. The number of aliphatic hydroxyl groups excluding tert-OH is 1. The number of methoxy groups -OCH3 is 1. The molecule has 0 aliphatic carbocycles. The Morgan fingerprint density at radius 3 is 2.44 bits per heavy atom. The van der Waals surface area contributed by atoms with Gasteiger partial charge in [0.25, 0.3) is 5.91 Å². The van der Waals surface area contributed by atoms with Gasteiger partial charge in [-0.1, -0.05) is 18.2 Å². The zero-order valence-electron chi connectivity index (χ0n) is 10.4. The standard InChI is InChI=1S/C13H17NO4/c1-9(15)11(13(17)18-2)8-14-12(16)10-6-4-3-5-7-10/h3-7,9,11,15H,8H2,1-2H3,(H,14,16). The maximum Gasteiger partial charge on any atom is 0.313 e. The van der Waals surface area contributed by atoms with E-state index in [0.717, 1.165) is 0 Å². The number of rotatable bonds is 5. The molecule has 1 aromatic carbocycles. The highest BCUT2D eigenvalue weighted by Crippen LogP contribution is 2.05. The van der Waals surface area contributed by atoms with E-state index < -0.39 is 18.0 Å². The second-order valence-electron chi connectivity index (χ2n) is 3.95. The Bertz CT molecular complexity index is 403. The molecule has 2 atom stereocenters. The fraction of sp³-hybridized carbons (Fsp3) is 0.385. The van der Waals surface area contributed by atoms with Gasteiger partial charge in [-0.25, -0.2) is 0 Å². The lowest BCUT2D eigenvalue weighted by atomic mass is 10.0. The van der Waals surface area contributed by atoms with Crippen LogP contribution in [0.5, 0.6) is 0 Å². The molecular formula is C13H17NO4. The van der Waals surface area contributed by atoms with Crippen molar-refractivity contribution >= 4 is 11.9 Å². The molecule has 0 aliphatic heterocycles. The average molecular weight is 251 g/mol. The molecule has 98 valence electrons. The molecule has 1 amide bonds. The summed E-state index contributed by atoms with van der Waals surface area (Å²) in [5.41, 5.74) is 0.506. The Labute approximate surface area is 106 Å². The molecule has 5 nitrogen and oxygen atoms in total. The van der Waals surface area contributed by atoms with Crippen LogP contribution in [0.4, 0.5) is 0 Å². The Kier molecular flexibility index (Phi) is 5.32. The molecule has 1 rings (SSSR count). The molecule has 2 unspecified atom stereocenters. The van der Waals surface area contributed by atoms with Gasteiger partial charge in [0.2, 0.25) is 0 Å². The summed E-state index contributed by atoms with van der Waals surface area (Å²) in [5.74, 6) is -1.59. The summed E-state index contributed by atoms with van der Waals surface area (Å²) in [5, 5.41) is 12.0. The maximum atomic E-state index is 11.7. The Morgan fingerprint density at radius 2 is 1.94 bits per heavy atom. The fourth-order valence-corrected chi connectivity index (χ4v) is 1.50. The summed E-state index contributed by atoms with van der Waals surface area (Å²) in [6, 6.07) is 8.66. The molecular weight excluding hydrogens is 234 g/mol. The van der Waals surface area contributed by atoms with Crippen LogP contribution in [0.25, 0.3) is 0 Å². The number of ether oxygens (including phenoxy) is 1. The Hall–Kier alpha value is -1.88. The molecule has 0 saturated carbocycles. The molecule has 1 aromatic rings. The molecule has 0 spiro atoms. The van der Waals surface area contributed by atoms with Gasteiger partial charge in [0, 0.05) is 12.1 Å². The highest BCUT2D eigenvalue weighted by atomic mass is 16.5. The molecule has 0 saturated heterocycles. The van der Waals surface area contributed by atoms with Gasteiger partial charge in [0.15, 0.2) is 0 Å². The number of hydrogen-bond donors (Lipinski definition) is 2. The zero-order valence-corrected chi connectivity index (χ0v) is 10.4. The lowest BCUT2D eigenvalue weighted by Gasteiger charge is -2.17. The SMILES string of the molecule is COC(=O)C(CNC(=O)c1ccccc1)C(C)O. The van der Waals surface area contributed by atoms with Crippen molar-refractivity contribution in [1.29, 1.82) is 0 Å². The minimum absolute atomic E-state index is 0.0397. The van der Waals surface area contributed by atoms with E-state index in [4.69, 9.17) is 0 Å². The van der Waals surface area contributed by atoms with Gasteiger partial charge in [-0.2, -0.15) is 0 Å². The van der Waals surface area contributed by atoms with Crippen molar-refractivity contribution in [3.63, 3.8) is 0 Å². The number of amides is 1. The first-order valence-electron chi connectivity index (χ1n) is 5.65. The first-order valence-corrected chi connectivity index (χ1v) is 5.65. The van der Waals surface area contributed by atoms with E-state index in [1.165, 1.54) is 14.0 Å². The van der Waals surface area contributed by atoms with Crippen LogP contribution in [0.3, 0.4) is 0 Å². The molecule has 0 aromatic heterocycles. The number of esters is 1. The normalized spacial score (nSPS) is 13.5. The van der Waals surface area contributed by atoms with E-state index >= 15 is 0 Å². The largest absolute Gasteiger partial charge is 0.469 e. The van der Waals surface area contributed by atoms with Crippen LogP contribution < -0.4 is 5.32 Å². The third-order valence-electron chi connectivity index (χ3n) is 2.60. The van der Waals surface area contributed by atoms with E-state index in [9.17, 15) is 14.7 Å². The van der Waals surface area contributed by atoms with Crippen molar-refractivity contribution in [1.82, 2.24) is 5.32 Å². The lowest BCUT2D eigenvalue weighted by Crippen LogP contribution is -2.39. The zero-order chi connectivity index (χ0) is 13.5. The molecule has 0 fully saturated rings. The summed E-state index contributed by atoms with van der Waals surface area (Å²) >= 11 is 0. The van der Waals surface area contributed by atoms with Crippen LogP contribution in [0, 0.1) is 5.92 Å². The van der Waals surface area contributed by atoms with Gasteiger partial charge in [-0.05, 0) is 19.1 Å². The van der Waals surface area contributed by atoms with Crippen LogP contribution >= 0.6 is 0 Å². The van der Waals surface area contributed by atoms with Crippen molar-refractivity contribution in [2.24, 2.45) is 5.92 Å². The molecule has 0 bridgehead atoms. The number of benzene rings is 1. The summed E-state index contributed by atoms with van der Waals surface area (Å²) in [4.78, 5) is 23.1. The van der Waals surface area contributed by atoms with Crippen molar-refractivity contribution in [3.05, 3.63) is 35.9 Å². The summed E-state index contributed by atoms with van der Waals surface area (Å²) < 4.78 is 4.56. The van der Waals surface area contributed by atoms with E-state index in [-0.39, 0.29) is 12.5 Å². The lowest BCUT2D eigenvalue weighted by molar-refractivity contribution is -0.148. The third-order valence-corrected chi connectivity index (χ3v) is 2.60. The van der Waals surface area contributed by atoms with Gasteiger partial charge in [-0.15, -0.1) is 0 Å². The number of carbonyl (C=O) groups is 2. The topological polar surface area (TPSA) is 75.6 Å². The maximum absolute atomic E-state index is 11.7. The third kappa shape index (κ3) is 3.85. The second kappa shape index (κ2) is 6.76. The van der Waals surface area contributed by atoms with E-state index in [2.05, 4.69) is 10.1 Å². The van der Waals surface area contributed by atoms with E-state index in [1.807, 2.05) is 6.07 Å². The number of nitrogens with one attached hydrogen (secondary N) is 1. The minimum atomic E-state index is -0.881. The highest BCUT2D eigenvalue weighted by molar-refractivity contribution is 5.94. The van der Waals surface area contributed by atoms with Gasteiger partial charge < -0.3 is 15.2 Å². The second-order valence-corrected chi connectivity index (χ2v) is 3.95. The fourth-order valence-electron chi connectivity index (χ4n) is 1.50. The van der Waals surface area contributed by atoms with Gasteiger partial charge in [-0.3, -0.25) is 9.59 Å². The van der Waals surface area contributed by atoms with Gasteiger partial charge in [0.05, 0.1) is 19.1 Å². The summed E-state index contributed by atoms with van der Waals surface area (Å²) in [6.45, 7) is 1.52. The summed E-state index contributed by atoms with van der Waals surface area (Å²) in [6.07, 6.45) is -0.881. The predicted molar refractivity (Wildman–Crippen MR) is 66.0 cm³/mol. The predicted octanol–water partition coefficient (Wildman–Crippen LogP) is 0.586. The monoisotopic (exact) mass is 251 g/mol. The Morgan fingerprint density at radius 1 is 1.33 bits per heavy atom. The van der Waals surface area contributed by atoms with Crippen molar-refractivity contribution in [3.8, 4) is 0 Å². The molecule has 0 heterocycles. The van der Waals surface area contributed by atoms with E-state index in [0.29, 0.717) is 5.56 Å². The van der Waals surface area contributed by atoms with Crippen molar-refractivity contribution in [2.45, 2.75) is 13.0 Å². The highest BCUT2D eigenvalue weighted by Gasteiger charge is 2.25. The average Bonchev–Trinajstić information content (AvgIpc) is 2.39. The quantitative estimate of drug-likeness (QED) is 0.751. The number of aliphatic hydroxyl groups is 1. The first kappa shape index (κ1) is 14.2. The molecule has 5 heteroatoms. The molecule has 2 N–H and O–H groups in total. The van der Waals surface area contributed by atoms with Crippen LogP contribution in [0.2, 0.25) is 0 Å². The summed E-state index contributed by atoms with van der Waals surface area (Å²) in [7, 11) is 1.25. The van der Waals surface area contributed by atoms with Gasteiger partial charge in [0.1, 0.15) is 0 Å². The first-order chi connectivity index (χ1) is 8.56. The Balaban J connectivity index is 2.58. The van der Waals surface area contributed by atoms with Crippen LogP contribution in [-0.4, -0.2) is 36.7 Å². The van der Waals surface area contributed by atoms with Gasteiger partial charge >= 0.3 is 5.97 Å². The van der Waals surface area contributed by atoms with Crippen LogP contribution in [-0.2, 0) is 9.53 Å². The smallest absolute Gasteiger partial charge is 0.313 e. The van der Waals surface area contributed by atoms with E-state index in [1.54, 1.807) is 24.3 Å². The minimum Gasteiger partial charge on any atom is -0.469 e. The molecule has 18 heavy (non-hydrogen) atoms. The number of carbonyl (C=O) groups excluding carboxylic acids is 2. The van der Waals surface area contributed by atoms with Crippen molar-refractivity contribution in [2.75, 3.05) is 13.7 Å². The molecule has 0 aliphatic rings.